The summed E-state index contributed by atoms with van der Waals surface area (Å²) in [5, 5.41) is 9.85. The van der Waals surface area contributed by atoms with Crippen molar-refractivity contribution in [2.45, 2.75) is 25.9 Å². The summed E-state index contributed by atoms with van der Waals surface area (Å²) in [4.78, 5) is 13.6. The largest absolute Gasteiger partial charge is 0.482 e. The van der Waals surface area contributed by atoms with Gasteiger partial charge in [-0.3, -0.25) is 4.79 Å². The molecule has 1 aliphatic heterocycles. The number of hydrogen-bond donors (Lipinski definition) is 1. The van der Waals surface area contributed by atoms with E-state index in [2.05, 4.69) is 0 Å². The highest BCUT2D eigenvalue weighted by atomic mass is 35.5. The Morgan fingerprint density at radius 2 is 2.16 bits per heavy atom. The highest BCUT2D eigenvalue weighted by molar-refractivity contribution is 6.32. The Morgan fingerprint density at radius 3 is 2.74 bits per heavy atom. The molecule has 0 spiro atoms. The SMILES string of the molecule is C[C@@H](O)c1ccc(OCC(=O)N2CCCC2)c(Cl)c1. The molecule has 0 radical (unpaired) electrons. The van der Waals surface area contributed by atoms with E-state index in [1.807, 2.05) is 0 Å². The molecule has 1 aromatic carbocycles. The molecule has 1 aliphatic rings. The number of hydrogen-bond acceptors (Lipinski definition) is 3. The maximum atomic E-state index is 11.8. The first-order valence-electron chi connectivity index (χ1n) is 6.46. The third-order valence-electron chi connectivity index (χ3n) is 3.25. The Kier molecular flexibility index (Phi) is 4.66. The molecule has 1 fully saturated rings. The molecule has 1 N–H and O–H groups in total. The van der Waals surface area contributed by atoms with Gasteiger partial charge in [0.1, 0.15) is 5.75 Å². The highest BCUT2D eigenvalue weighted by Crippen LogP contribution is 2.27. The van der Waals surface area contributed by atoms with Crippen molar-refractivity contribution in [3.63, 3.8) is 0 Å². The van der Waals surface area contributed by atoms with E-state index in [9.17, 15) is 9.90 Å². The summed E-state index contributed by atoms with van der Waals surface area (Å²) < 4.78 is 5.44. The summed E-state index contributed by atoms with van der Waals surface area (Å²) in [6, 6.07) is 5.08. The van der Waals surface area contributed by atoms with Gasteiger partial charge in [0.25, 0.3) is 5.91 Å². The molecule has 1 saturated heterocycles. The van der Waals surface area contributed by atoms with Crippen molar-refractivity contribution in [3.8, 4) is 5.75 Å². The predicted molar refractivity (Wildman–Crippen MR) is 73.4 cm³/mol. The van der Waals surface area contributed by atoms with Crippen LogP contribution >= 0.6 is 11.6 Å². The van der Waals surface area contributed by atoms with Crippen LogP contribution in [0.15, 0.2) is 18.2 Å². The first-order chi connectivity index (χ1) is 9.08. The first kappa shape index (κ1) is 14.2. The van der Waals surface area contributed by atoms with Crippen molar-refractivity contribution in [2.24, 2.45) is 0 Å². The molecule has 0 saturated carbocycles. The van der Waals surface area contributed by atoms with Gasteiger partial charge in [0.2, 0.25) is 0 Å². The fraction of sp³-hybridized carbons (Fsp3) is 0.500. The first-order valence-corrected chi connectivity index (χ1v) is 6.84. The number of benzene rings is 1. The zero-order chi connectivity index (χ0) is 13.8. The maximum absolute atomic E-state index is 11.8. The van der Waals surface area contributed by atoms with Crippen molar-refractivity contribution in [1.29, 1.82) is 0 Å². The van der Waals surface area contributed by atoms with Gasteiger partial charge < -0.3 is 14.7 Å². The van der Waals surface area contributed by atoms with Gasteiger partial charge in [-0.25, -0.2) is 0 Å². The van der Waals surface area contributed by atoms with Crippen LogP contribution in [0, 0.1) is 0 Å². The van der Waals surface area contributed by atoms with E-state index in [0.717, 1.165) is 31.5 Å². The zero-order valence-electron chi connectivity index (χ0n) is 10.9. The molecule has 104 valence electrons. The van der Waals surface area contributed by atoms with E-state index >= 15 is 0 Å². The average Bonchev–Trinajstić information content (AvgIpc) is 2.90. The van der Waals surface area contributed by atoms with Crippen LogP contribution in [0.1, 0.15) is 31.4 Å². The number of nitrogens with zero attached hydrogens (tertiary/aromatic N) is 1. The van der Waals surface area contributed by atoms with E-state index in [1.165, 1.54) is 0 Å². The number of ether oxygens (including phenoxy) is 1. The zero-order valence-corrected chi connectivity index (χ0v) is 11.7. The fourth-order valence-electron chi connectivity index (χ4n) is 2.09. The number of likely N-dealkylation sites (tertiary alicyclic amines) is 1. The Labute approximate surface area is 117 Å². The van der Waals surface area contributed by atoms with Crippen LogP contribution in [0.5, 0.6) is 5.75 Å². The number of aliphatic hydroxyl groups excluding tert-OH is 1. The lowest BCUT2D eigenvalue weighted by molar-refractivity contribution is -0.132. The number of carbonyl (C=O) groups excluding carboxylic acids is 1. The van der Waals surface area contributed by atoms with Crippen molar-refractivity contribution in [1.82, 2.24) is 4.90 Å². The third-order valence-corrected chi connectivity index (χ3v) is 3.54. The normalized spacial score (nSPS) is 16.5. The van der Waals surface area contributed by atoms with Crippen LogP contribution < -0.4 is 4.74 Å². The Bertz CT molecular complexity index is 456. The van der Waals surface area contributed by atoms with E-state index in [-0.39, 0.29) is 12.5 Å². The van der Waals surface area contributed by atoms with Gasteiger partial charge in [-0.1, -0.05) is 17.7 Å². The molecule has 5 heteroatoms. The van der Waals surface area contributed by atoms with Gasteiger partial charge in [-0.15, -0.1) is 0 Å². The van der Waals surface area contributed by atoms with Crippen LogP contribution in [0.2, 0.25) is 5.02 Å². The van der Waals surface area contributed by atoms with Gasteiger partial charge >= 0.3 is 0 Å². The Hall–Kier alpha value is -1.26. The monoisotopic (exact) mass is 283 g/mol. The molecule has 0 aliphatic carbocycles. The van der Waals surface area contributed by atoms with Gasteiger partial charge in [0, 0.05) is 13.1 Å². The molecule has 0 aromatic heterocycles. The molecule has 19 heavy (non-hydrogen) atoms. The highest BCUT2D eigenvalue weighted by Gasteiger charge is 2.18. The van der Waals surface area contributed by atoms with Crippen LogP contribution in [0.3, 0.4) is 0 Å². The van der Waals surface area contributed by atoms with E-state index in [4.69, 9.17) is 16.3 Å². The predicted octanol–water partition coefficient (Wildman–Crippen LogP) is 2.39. The molecular formula is C14H18ClNO3. The number of rotatable bonds is 4. The quantitative estimate of drug-likeness (QED) is 0.923. The van der Waals surface area contributed by atoms with Crippen LogP contribution in [-0.4, -0.2) is 35.6 Å². The second-order valence-electron chi connectivity index (χ2n) is 4.74. The molecule has 2 rings (SSSR count). The van der Waals surface area contributed by atoms with Gasteiger partial charge in [-0.2, -0.15) is 0 Å². The average molecular weight is 284 g/mol. The van der Waals surface area contributed by atoms with Crippen molar-refractivity contribution < 1.29 is 14.6 Å². The van der Waals surface area contributed by atoms with Crippen molar-refractivity contribution in [3.05, 3.63) is 28.8 Å². The fourth-order valence-corrected chi connectivity index (χ4v) is 2.33. The lowest BCUT2D eigenvalue weighted by atomic mass is 10.1. The minimum Gasteiger partial charge on any atom is -0.482 e. The molecule has 1 amide bonds. The summed E-state index contributed by atoms with van der Waals surface area (Å²) in [5.74, 6) is 0.465. The summed E-state index contributed by atoms with van der Waals surface area (Å²) in [5.41, 5.74) is 0.725. The standard InChI is InChI=1S/C14H18ClNO3/c1-10(17)11-4-5-13(12(15)8-11)19-9-14(18)16-6-2-3-7-16/h4-5,8,10,17H,2-3,6-7,9H2,1H3/t10-/m1/s1. The number of halogens is 1. The van der Waals surface area contributed by atoms with Crippen LogP contribution in [0.25, 0.3) is 0 Å². The van der Waals surface area contributed by atoms with Crippen molar-refractivity contribution >= 4 is 17.5 Å². The van der Waals surface area contributed by atoms with Crippen LogP contribution in [-0.2, 0) is 4.79 Å². The maximum Gasteiger partial charge on any atom is 0.260 e. The molecule has 0 unspecified atom stereocenters. The smallest absolute Gasteiger partial charge is 0.260 e. The number of carbonyl (C=O) groups is 1. The second-order valence-corrected chi connectivity index (χ2v) is 5.15. The topological polar surface area (TPSA) is 49.8 Å². The molecular weight excluding hydrogens is 266 g/mol. The van der Waals surface area contributed by atoms with E-state index < -0.39 is 6.10 Å². The minimum absolute atomic E-state index is 0.00632. The molecule has 0 bridgehead atoms. The molecule has 4 nitrogen and oxygen atoms in total. The van der Waals surface area contributed by atoms with E-state index in [0.29, 0.717) is 10.8 Å². The van der Waals surface area contributed by atoms with Crippen molar-refractivity contribution in [2.75, 3.05) is 19.7 Å². The van der Waals surface area contributed by atoms with Gasteiger partial charge in [0.15, 0.2) is 6.61 Å². The summed E-state index contributed by atoms with van der Waals surface area (Å²) in [6.07, 6.45) is 1.56. The third kappa shape index (κ3) is 3.61. The Morgan fingerprint density at radius 1 is 1.47 bits per heavy atom. The Balaban J connectivity index is 1.94. The molecule has 1 aromatic rings. The van der Waals surface area contributed by atoms with Gasteiger partial charge in [0.05, 0.1) is 11.1 Å². The summed E-state index contributed by atoms with van der Waals surface area (Å²) in [6.45, 7) is 3.31. The summed E-state index contributed by atoms with van der Waals surface area (Å²) >= 11 is 6.06. The van der Waals surface area contributed by atoms with Crippen LogP contribution in [0.4, 0.5) is 0 Å². The summed E-state index contributed by atoms with van der Waals surface area (Å²) in [7, 11) is 0. The molecule has 1 heterocycles. The number of amides is 1. The number of aliphatic hydroxyl groups is 1. The minimum atomic E-state index is -0.571. The lowest BCUT2D eigenvalue weighted by Gasteiger charge is -2.16. The molecule has 1 atom stereocenters. The second kappa shape index (κ2) is 6.26. The van der Waals surface area contributed by atoms with E-state index in [1.54, 1.807) is 30.0 Å². The lowest BCUT2D eigenvalue weighted by Crippen LogP contribution is -2.32. The van der Waals surface area contributed by atoms with Gasteiger partial charge in [-0.05, 0) is 37.5 Å².